The molecule has 0 heterocycles. The number of carbonyl (C=O) groups is 1. The van der Waals surface area contributed by atoms with Gasteiger partial charge in [0.25, 0.3) is 0 Å². The van der Waals surface area contributed by atoms with Crippen LogP contribution in [0, 0.1) is 5.92 Å². The topological polar surface area (TPSA) is 84.9 Å². The van der Waals surface area contributed by atoms with Crippen molar-refractivity contribution in [2.75, 3.05) is 40.9 Å². The van der Waals surface area contributed by atoms with E-state index in [2.05, 4.69) is 26.1 Å². The highest BCUT2D eigenvalue weighted by Gasteiger charge is 2.25. The number of hydrogen-bond donors (Lipinski definition) is 2. The molecule has 0 aromatic heterocycles. The first kappa shape index (κ1) is 34.5. The third kappa shape index (κ3) is 25.0. The van der Waals surface area contributed by atoms with E-state index in [4.69, 9.17) is 9.05 Å². The van der Waals surface area contributed by atoms with Gasteiger partial charge in [-0.1, -0.05) is 97.8 Å². The minimum atomic E-state index is -4.13. The molecule has 0 bridgehead atoms. The maximum Gasteiger partial charge on any atom is 0.472 e. The maximum absolute atomic E-state index is 12.4. The molecule has 210 valence electrons. The Hall–Kier alpha value is -0.460. The molecule has 0 fully saturated rings. The predicted octanol–water partition coefficient (Wildman–Crippen LogP) is 6.84. The molecule has 0 radical (unpaired) electrons. The Morgan fingerprint density at radius 2 is 1.34 bits per heavy atom. The lowest BCUT2D eigenvalue weighted by Gasteiger charge is -2.25. The summed E-state index contributed by atoms with van der Waals surface area (Å²) in [5.41, 5.74) is 0. The van der Waals surface area contributed by atoms with E-state index in [1.807, 2.05) is 21.1 Å². The molecular weight excluding hydrogens is 463 g/mol. The van der Waals surface area contributed by atoms with Crippen molar-refractivity contribution >= 4 is 13.7 Å². The van der Waals surface area contributed by atoms with E-state index in [0.29, 0.717) is 29.8 Å². The fraction of sp³-hybridized carbons (Fsp3) is 0.963. The number of rotatable bonds is 24. The van der Waals surface area contributed by atoms with Gasteiger partial charge in [0.15, 0.2) is 0 Å². The van der Waals surface area contributed by atoms with Crippen molar-refractivity contribution in [3.63, 3.8) is 0 Å². The maximum atomic E-state index is 12.4. The van der Waals surface area contributed by atoms with Crippen LogP contribution in [0.1, 0.15) is 117 Å². The van der Waals surface area contributed by atoms with E-state index in [9.17, 15) is 14.3 Å². The zero-order chi connectivity index (χ0) is 26.6. The number of carbonyl (C=O) groups excluding carboxylic acids is 1. The lowest BCUT2D eigenvalue weighted by Crippen LogP contribution is -2.39. The van der Waals surface area contributed by atoms with Crippen molar-refractivity contribution in [1.82, 2.24) is 5.32 Å². The fourth-order valence-electron chi connectivity index (χ4n) is 3.99. The van der Waals surface area contributed by atoms with Crippen LogP contribution < -0.4 is 5.32 Å². The van der Waals surface area contributed by atoms with E-state index in [0.717, 1.165) is 12.8 Å². The van der Waals surface area contributed by atoms with E-state index in [1.54, 1.807) is 0 Å². The Balaban J connectivity index is 3.99. The van der Waals surface area contributed by atoms with Gasteiger partial charge >= 0.3 is 7.82 Å². The van der Waals surface area contributed by atoms with Gasteiger partial charge in [-0.25, -0.2) is 4.57 Å². The van der Waals surface area contributed by atoms with Gasteiger partial charge in [-0.05, 0) is 18.8 Å². The van der Waals surface area contributed by atoms with Crippen molar-refractivity contribution in [3.8, 4) is 0 Å². The number of quaternary nitrogens is 1. The average molecular weight is 522 g/mol. The molecule has 0 aromatic rings. The van der Waals surface area contributed by atoms with Crippen LogP contribution >= 0.6 is 7.82 Å². The molecule has 1 unspecified atom stereocenters. The second kappa shape index (κ2) is 20.6. The number of amides is 1. The summed E-state index contributed by atoms with van der Waals surface area (Å²) in [6.07, 6.45) is 17.8. The number of phosphoric acid groups is 1. The van der Waals surface area contributed by atoms with Crippen LogP contribution in [-0.4, -0.2) is 62.2 Å². The molecule has 8 heteroatoms. The van der Waals surface area contributed by atoms with Crippen LogP contribution in [-0.2, 0) is 18.4 Å². The molecule has 0 aliphatic rings. The van der Waals surface area contributed by atoms with Gasteiger partial charge < -0.3 is 14.7 Å². The van der Waals surface area contributed by atoms with Gasteiger partial charge in [0.05, 0.1) is 33.8 Å². The van der Waals surface area contributed by atoms with Crippen molar-refractivity contribution in [2.45, 2.75) is 123 Å². The average Bonchev–Trinajstić information content (AvgIpc) is 2.74. The second-order valence-corrected chi connectivity index (χ2v) is 13.0. The minimum absolute atomic E-state index is 0.0129. The Labute approximate surface area is 216 Å². The lowest BCUT2D eigenvalue weighted by molar-refractivity contribution is -0.870. The highest BCUT2D eigenvalue weighted by Crippen LogP contribution is 2.43. The number of likely N-dealkylation sites (N-methyl/N-ethyl adjacent to an activating group) is 1. The summed E-state index contributed by atoms with van der Waals surface area (Å²) in [6, 6.07) is -0.299. The van der Waals surface area contributed by atoms with Crippen molar-refractivity contribution in [1.29, 1.82) is 0 Å². The van der Waals surface area contributed by atoms with Crippen molar-refractivity contribution < 1.29 is 27.8 Å². The van der Waals surface area contributed by atoms with Gasteiger partial charge in [-0.15, -0.1) is 0 Å². The smallest absolute Gasteiger partial charge is 0.351 e. The molecule has 35 heavy (non-hydrogen) atoms. The normalized spacial score (nSPS) is 14.7. The lowest BCUT2D eigenvalue weighted by atomic mass is 10.0. The summed E-state index contributed by atoms with van der Waals surface area (Å²) in [5.74, 6) is 0.318. The van der Waals surface area contributed by atoms with E-state index >= 15 is 0 Å². The summed E-state index contributed by atoms with van der Waals surface area (Å²) in [4.78, 5) is 22.4. The Morgan fingerprint density at radius 3 is 1.80 bits per heavy atom. The first-order valence-corrected chi connectivity index (χ1v) is 15.7. The second-order valence-electron chi connectivity index (χ2n) is 11.5. The molecule has 0 aliphatic carbocycles. The Morgan fingerprint density at radius 1 is 0.857 bits per heavy atom. The quantitative estimate of drug-likeness (QED) is 0.0825. The SMILES string of the molecule is CCCCCCCCCCCCCCCC(=O)N[C@H](COP(=O)(O)OCC[N+](C)(C)C)CC(C)C. The van der Waals surface area contributed by atoms with Crippen LogP contribution in [0.3, 0.4) is 0 Å². The zero-order valence-electron chi connectivity index (χ0n) is 23.9. The number of unbranched alkanes of at least 4 members (excludes halogenated alkanes) is 12. The summed E-state index contributed by atoms with van der Waals surface area (Å²) in [5, 5.41) is 2.99. The Bertz CT molecular complexity index is 566. The third-order valence-electron chi connectivity index (χ3n) is 6.08. The van der Waals surface area contributed by atoms with Crippen LogP contribution in [0.25, 0.3) is 0 Å². The van der Waals surface area contributed by atoms with Gasteiger partial charge in [-0.3, -0.25) is 13.8 Å². The molecule has 2 N–H and O–H groups in total. The standard InChI is InChI=1S/C27H57N2O5P/c1-7-8-9-10-11-12-13-14-15-16-17-18-19-20-27(30)28-26(23-25(2)3)24-34-35(31,32)33-22-21-29(4,5)6/h25-26H,7-24H2,1-6H3,(H-,28,30,31,32)/p+1/t26-/m0/s1. The third-order valence-corrected chi connectivity index (χ3v) is 7.07. The summed E-state index contributed by atoms with van der Waals surface area (Å²) in [7, 11) is 1.82. The van der Waals surface area contributed by atoms with Crippen LogP contribution in [0.2, 0.25) is 0 Å². The molecule has 1 amide bonds. The molecule has 0 saturated carbocycles. The van der Waals surface area contributed by atoms with Crippen LogP contribution in [0.15, 0.2) is 0 Å². The highest BCUT2D eigenvalue weighted by molar-refractivity contribution is 7.47. The van der Waals surface area contributed by atoms with E-state index in [1.165, 1.54) is 70.6 Å². The van der Waals surface area contributed by atoms with Crippen LogP contribution in [0.5, 0.6) is 0 Å². The molecule has 0 aromatic carbocycles. The zero-order valence-corrected chi connectivity index (χ0v) is 24.8. The molecule has 0 aliphatic heterocycles. The van der Waals surface area contributed by atoms with Crippen molar-refractivity contribution in [2.24, 2.45) is 5.92 Å². The molecule has 7 nitrogen and oxygen atoms in total. The number of nitrogens with one attached hydrogen (secondary N) is 1. The monoisotopic (exact) mass is 521 g/mol. The molecule has 0 rings (SSSR count). The number of nitrogens with zero attached hydrogens (tertiary/aromatic N) is 1. The minimum Gasteiger partial charge on any atom is -0.351 e. The summed E-state index contributed by atoms with van der Waals surface area (Å²) < 4.78 is 23.1. The molecule has 2 atom stereocenters. The van der Waals surface area contributed by atoms with Gasteiger partial charge in [0.2, 0.25) is 5.91 Å². The predicted molar refractivity (Wildman–Crippen MR) is 146 cm³/mol. The molecule has 0 spiro atoms. The van der Waals surface area contributed by atoms with Gasteiger partial charge in [0.1, 0.15) is 13.2 Å². The highest BCUT2D eigenvalue weighted by atomic mass is 31.2. The largest absolute Gasteiger partial charge is 0.472 e. The van der Waals surface area contributed by atoms with Gasteiger partial charge in [-0.2, -0.15) is 0 Å². The van der Waals surface area contributed by atoms with E-state index in [-0.39, 0.29) is 25.2 Å². The number of hydrogen-bond acceptors (Lipinski definition) is 4. The number of phosphoric ester groups is 1. The fourth-order valence-corrected chi connectivity index (χ4v) is 4.75. The van der Waals surface area contributed by atoms with Crippen molar-refractivity contribution in [3.05, 3.63) is 0 Å². The molecule has 0 saturated heterocycles. The van der Waals surface area contributed by atoms with Crippen LogP contribution in [0.4, 0.5) is 0 Å². The Kier molecular flexibility index (Phi) is 20.3. The van der Waals surface area contributed by atoms with E-state index < -0.39 is 7.82 Å². The summed E-state index contributed by atoms with van der Waals surface area (Å²) >= 11 is 0. The summed E-state index contributed by atoms with van der Waals surface area (Å²) in [6.45, 7) is 7.08. The molecular formula is C27H58N2O5P+. The first-order valence-electron chi connectivity index (χ1n) is 14.2. The van der Waals surface area contributed by atoms with Gasteiger partial charge in [0, 0.05) is 6.42 Å². The first-order chi connectivity index (χ1) is 16.4.